The highest BCUT2D eigenvalue weighted by molar-refractivity contribution is 7.16. The number of aryl methyl sites for hydroxylation is 1. The number of carbonyl (C=O) groups excluding carboxylic acids is 3. The van der Waals surface area contributed by atoms with Crippen molar-refractivity contribution in [3.8, 4) is 0 Å². The van der Waals surface area contributed by atoms with Crippen LogP contribution in [0.4, 0.5) is 19.5 Å². The van der Waals surface area contributed by atoms with Crippen LogP contribution in [0.5, 0.6) is 0 Å². The summed E-state index contributed by atoms with van der Waals surface area (Å²) in [5.41, 5.74) is -0.538. The highest BCUT2D eigenvalue weighted by Gasteiger charge is 2.29. The van der Waals surface area contributed by atoms with Crippen LogP contribution < -0.4 is 10.6 Å². The number of carbonyl (C=O) groups is 3. The highest BCUT2D eigenvalue weighted by Crippen LogP contribution is 2.34. The van der Waals surface area contributed by atoms with E-state index in [0.29, 0.717) is 10.6 Å². The first-order chi connectivity index (χ1) is 13.8. The zero-order chi connectivity index (χ0) is 22.8. The largest absolute Gasteiger partial charge is 0.449 e. The quantitative estimate of drug-likeness (QED) is 0.656. The number of esters is 1. The lowest BCUT2D eigenvalue weighted by Gasteiger charge is -2.18. The summed E-state index contributed by atoms with van der Waals surface area (Å²) >= 11 is 1.22. The Morgan fingerprint density at radius 3 is 2.17 bits per heavy atom. The standard InChI is InChI=1S/C21H24F2N2O4S/c1-10-12(3)30-18(25-20(28)21(4,5)6)15(10)19(27)29-11(2)17(26)24-16-13(22)8-7-9-14(16)23/h7-9,11H,1-6H3,(H,24,26)(H,25,28). The summed E-state index contributed by atoms with van der Waals surface area (Å²) in [6.07, 6.45) is -1.33. The third-order valence-electron chi connectivity index (χ3n) is 4.36. The molecule has 9 heteroatoms. The number of para-hydroxylation sites is 1. The number of amides is 2. The van der Waals surface area contributed by atoms with E-state index in [2.05, 4.69) is 10.6 Å². The molecule has 0 fully saturated rings. The SMILES string of the molecule is Cc1sc(NC(=O)C(C)(C)C)c(C(=O)OC(C)C(=O)Nc2c(F)cccc2F)c1C. The minimum absolute atomic E-state index is 0.145. The zero-order valence-corrected chi connectivity index (χ0v) is 18.4. The predicted molar refractivity (Wildman–Crippen MR) is 112 cm³/mol. The van der Waals surface area contributed by atoms with Crippen LogP contribution in [0.1, 0.15) is 48.5 Å². The molecule has 162 valence electrons. The van der Waals surface area contributed by atoms with Gasteiger partial charge in [-0.15, -0.1) is 11.3 Å². The molecule has 0 saturated heterocycles. The Morgan fingerprint density at radius 1 is 1.07 bits per heavy atom. The van der Waals surface area contributed by atoms with Gasteiger partial charge >= 0.3 is 5.97 Å². The number of hydrogen-bond donors (Lipinski definition) is 2. The Labute approximate surface area is 177 Å². The molecule has 2 rings (SSSR count). The fraction of sp³-hybridized carbons (Fsp3) is 0.381. The van der Waals surface area contributed by atoms with Crippen molar-refractivity contribution in [3.63, 3.8) is 0 Å². The smallest absolute Gasteiger partial charge is 0.342 e. The summed E-state index contributed by atoms with van der Waals surface area (Å²) in [4.78, 5) is 38.2. The first kappa shape index (κ1) is 23.5. The Kier molecular flexibility index (Phi) is 6.97. The number of nitrogens with one attached hydrogen (secondary N) is 2. The third-order valence-corrected chi connectivity index (χ3v) is 5.48. The highest BCUT2D eigenvalue weighted by atomic mass is 32.1. The fourth-order valence-electron chi connectivity index (χ4n) is 2.37. The van der Waals surface area contributed by atoms with Crippen molar-refractivity contribution in [2.45, 2.75) is 47.6 Å². The van der Waals surface area contributed by atoms with E-state index in [-0.39, 0.29) is 11.5 Å². The number of halogens is 2. The van der Waals surface area contributed by atoms with Crippen LogP contribution in [0, 0.1) is 30.9 Å². The maximum atomic E-state index is 13.7. The number of thiophene rings is 1. The van der Waals surface area contributed by atoms with E-state index in [1.165, 1.54) is 24.3 Å². The van der Waals surface area contributed by atoms with Crippen LogP contribution in [0.15, 0.2) is 18.2 Å². The van der Waals surface area contributed by atoms with Gasteiger partial charge in [-0.2, -0.15) is 0 Å². The minimum Gasteiger partial charge on any atom is -0.449 e. The Hall–Kier alpha value is -2.81. The molecule has 2 N–H and O–H groups in total. The maximum Gasteiger partial charge on any atom is 0.342 e. The lowest BCUT2D eigenvalue weighted by molar-refractivity contribution is -0.124. The van der Waals surface area contributed by atoms with Crippen LogP contribution in [0.3, 0.4) is 0 Å². The normalized spacial score (nSPS) is 12.3. The van der Waals surface area contributed by atoms with Crippen molar-refractivity contribution >= 4 is 39.8 Å². The lowest BCUT2D eigenvalue weighted by atomic mass is 9.96. The van der Waals surface area contributed by atoms with Crippen LogP contribution in [0.2, 0.25) is 0 Å². The van der Waals surface area contributed by atoms with Gasteiger partial charge in [0.1, 0.15) is 22.3 Å². The van der Waals surface area contributed by atoms with Crippen molar-refractivity contribution in [3.05, 3.63) is 45.8 Å². The second-order valence-corrected chi connectivity index (χ2v) is 9.05. The van der Waals surface area contributed by atoms with Crippen molar-refractivity contribution < 1.29 is 27.9 Å². The average molecular weight is 438 g/mol. The van der Waals surface area contributed by atoms with Crippen molar-refractivity contribution in [2.75, 3.05) is 10.6 Å². The fourth-order valence-corrected chi connectivity index (χ4v) is 3.41. The zero-order valence-electron chi connectivity index (χ0n) is 17.6. The van der Waals surface area contributed by atoms with E-state index in [4.69, 9.17) is 4.74 Å². The van der Waals surface area contributed by atoms with E-state index < -0.39 is 40.7 Å². The average Bonchev–Trinajstić information content (AvgIpc) is 2.90. The molecule has 1 heterocycles. The molecule has 0 aliphatic carbocycles. The molecule has 30 heavy (non-hydrogen) atoms. The molecule has 6 nitrogen and oxygen atoms in total. The second kappa shape index (κ2) is 8.91. The number of hydrogen-bond acceptors (Lipinski definition) is 5. The van der Waals surface area contributed by atoms with E-state index in [1.54, 1.807) is 34.6 Å². The molecular weight excluding hydrogens is 414 g/mol. The molecule has 1 aromatic carbocycles. The van der Waals surface area contributed by atoms with Gasteiger partial charge in [-0.05, 0) is 38.5 Å². The van der Waals surface area contributed by atoms with Gasteiger partial charge in [-0.3, -0.25) is 9.59 Å². The van der Waals surface area contributed by atoms with Crippen LogP contribution >= 0.6 is 11.3 Å². The van der Waals surface area contributed by atoms with Crippen molar-refractivity contribution in [1.82, 2.24) is 0 Å². The van der Waals surface area contributed by atoms with Gasteiger partial charge in [0.2, 0.25) is 5.91 Å². The monoisotopic (exact) mass is 438 g/mol. The molecule has 0 saturated carbocycles. The summed E-state index contributed by atoms with van der Waals surface area (Å²) in [5.74, 6) is -3.88. The molecule has 1 unspecified atom stereocenters. The van der Waals surface area contributed by atoms with Gasteiger partial charge in [0.15, 0.2) is 6.10 Å². The van der Waals surface area contributed by atoms with Crippen molar-refractivity contribution in [1.29, 1.82) is 0 Å². The lowest BCUT2D eigenvalue weighted by Crippen LogP contribution is -2.31. The molecule has 1 aromatic heterocycles. The summed E-state index contributed by atoms with van der Waals surface area (Å²) in [7, 11) is 0. The first-order valence-corrected chi connectivity index (χ1v) is 10.0. The molecular formula is C21H24F2N2O4S. The van der Waals surface area contributed by atoms with Crippen LogP contribution in [-0.2, 0) is 14.3 Å². The number of anilines is 2. The molecule has 1 atom stereocenters. The molecule has 0 radical (unpaired) electrons. The summed E-state index contributed by atoms with van der Waals surface area (Å²) in [6.45, 7) is 9.99. The molecule has 2 aromatic rings. The van der Waals surface area contributed by atoms with Crippen LogP contribution in [0.25, 0.3) is 0 Å². The van der Waals surface area contributed by atoms with Crippen molar-refractivity contribution in [2.24, 2.45) is 5.41 Å². The first-order valence-electron chi connectivity index (χ1n) is 9.20. The van der Waals surface area contributed by atoms with Gasteiger partial charge in [-0.1, -0.05) is 26.8 Å². The second-order valence-electron chi connectivity index (χ2n) is 7.82. The van der Waals surface area contributed by atoms with Gasteiger partial charge in [0.05, 0.1) is 5.56 Å². The van der Waals surface area contributed by atoms with Gasteiger partial charge in [-0.25, -0.2) is 13.6 Å². The molecule has 0 aliphatic heterocycles. The minimum atomic E-state index is -1.33. The molecule has 0 aliphatic rings. The van der Waals surface area contributed by atoms with Gasteiger partial charge in [0.25, 0.3) is 5.91 Å². The maximum absolute atomic E-state index is 13.7. The Balaban J connectivity index is 2.19. The number of rotatable bonds is 5. The van der Waals surface area contributed by atoms with E-state index >= 15 is 0 Å². The summed E-state index contributed by atoms with van der Waals surface area (Å²) in [5, 5.41) is 5.14. The van der Waals surface area contributed by atoms with E-state index in [0.717, 1.165) is 17.0 Å². The number of ether oxygens (including phenoxy) is 1. The Bertz CT molecular complexity index is 975. The molecule has 0 bridgehead atoms. The third kappa shape index (κ3) is 5.21. The topological polar surface area (TPSA) is 84.5 Å². The van der Waals surface area contributed by atoms with Gasteiger partial charge < -0.3 is 15.4 Å². The van der Waals surface area contributed by atoms with E-state index in [1.807, 2.05) is 0 Å². The Morgan fingerprint density at radius 2 is 1.63 bits per heavy atom. The predicted octanol–water partition coefficient (Wildman–Crippen LogP) is 4.81. The molecule has 0 spiro atoms. The summed E-state index contributed by atoms with van der Waals surface area (Å²) < 4.78 is 32.7. The van der Waals surface area contributed by atoms with E-state index in [9.17, 15) is 23.2 Å². The molecule has 2 amide bonds. The number of benzene rings is 1. The van der Waals surface area contributed by atoms with Crippen LogP contribution in [-0.4, -0.2) is 23.9 Å². The van der Waals surface area contributed by atoms with Gasteiger partial charge in [0, 0.05) is 10.3 Å². The summed E-state index contributed by atoms with van der Waals surface area (Å²) in [6, 6.07) is 3.16.